The molecule has 0 spiro atoms. The third kappa shape index (κ3) is 7.63. The Morgan fingerprint density at radius 3 is 2.33 bits per heavy atom. The molecule has 45 heavy (non-hydrogen) atoms. The van der Waals surface area contributed by atoms with E-state index in [9.17, 15) is 19.5 Å². The van der Waals surface area contributed by atoms with Crippen LogP contribution in [0.5, 0.6) is 0 Å². The van der Waals surface area contributed by atoms with E-state index in [0.29, 0.717) is 28.4 Å². The molecule has 1 atom stereocenters. The number of carbonyl (C=O) groups excluding carboxylic acids is 2. The van der Waals surface area contributed by atoms with E-state index in [2.05, 4.69) is 20.8 Å². The number of anilines is 1. The van der Waals surface area contributed by atoms with Gasteiger partial charge in [0, 0.05) is 28.8 Å². The van der Waals surface area contributed by atoms with Crippen molar-refractivity contribution < 1.29 is 33.0 Å². The van der Waals surface area contributed by atoms with Crippen LogP contribution in [0.25, 0.3) is 33.8 Å². The number of carbonyl (C=O) groups is 3. The van der Waals surface area contributed by atoms with Gasteiger partial charge in [0.15, 0.2) is 5.76 Å². The molecule has 5 rings (SSSR count). The number of furan rings is 1. The number of ether oxygens (including phenoxy) is 1. The lowest BCUT2D eigenvalue weighted by atomic mass is 10.0. The van der Waals surface area contributed by atoms with Crippen molar-refractivity contribution in [3.63, 3.8) is 0 Å². The minimum atomic E-state index is -1.32. The van der Waals surface area contributed by atoms with Crippen molar-refractivity contribution in [2.45, 2.75) is 39.3 Å². The Labute approximate surface area is 258 Å². The van der Waals surface area contributed by atoms with Crippen molar-refractivity contribution in [1.29, 1.82) is 0 Å². The lowest BCUT2D eigenvalue weighted by molar-refractivity contribution is -0.139. The second kappa shape index (κ2) is 13.3. The fraction of sp³-hybridized carbons (Fsp3) is 0.176. The first-order chi connectivity index (χ1) is 21.5. The van der Waals surface area contributed by atoms with Crippen molar-refractivity contribution in [2.75, 3.05) is 5.32 Å². The summed E-state index contributed by atoms with van der Waals surface area (Å²) in [6.45, 7) is 5.47. The van der Waals surface area contributed by atoms with Crippen molar-refractivity contribution in [1.82, 2.24) is 15.5 Å². The summed E-state index contributed by atoms with van der Waals surface area (Å²) in [5, 5.41) is 22.0. The molecule has 230 valence electrons. The van der Waals surface area contributed by atoms with Crippen LogP contribution in [0.1, 0.15) is 35.5 Å². The molecule has 0 aliphatic carbocycles. The zero-order valence-electron chi connectivity index (χ0n) is 24.8. The maximum absolute atomic E-state index is 15.2. The average molecular weight is 611 g/mol. The number of aromatic amines is 1. The molecule has 0 radical (unpaired) electrons. The van der Waals surface area contributed by atoms with Gasteiger partial charge in [0.05, 0.1) is 17.5 Å². The van der Waals surface area contributed by atoms with Crippen LogP contribution in [0.2, 0.25) is 0 Å². The standard InChI is InChI=1S/C34H31FN4O6/c1-19(2)44-34(43)36-24-11-9-22(10-12-24)27-18-28(39-38-27)25-13-6-21(16-26(25)35)17-29(33(41)42)37-32(40)31-15-14-30(45-31)23-7-4-20(3)5-8-23/h4-16,18-19,29H,17H2,1-3H3,(H,36,43)(H,37,40)(H,38,39)(H,41,42)/t29-/m1/s1. The van der Waals surface area contributed by atoms with Gasteiger partial charge in [-0.15, -0.1) is 0 Å². The molecule has 10 nitrogen and oxygen atoms in total. The van der Waals surface area contributed by atoms with Crippen molar-refractivity contribution in [2.24, 2.45) is 0 Å². The number of rotatable bonds is 10. The minimum absolute atomic E-state index is 0.0343. The maximum atomic E-state index is 15.2. The highest BCUT2D eigenvalue weighted by Gasteiger charge is 2.24. The third-order valence-electron chi connectivity index (χ3n) is 6.88. The summed E-state index contributed by atoms with van der Waals surface area (Å²) >= 11 is 0. The van der Waals surface area contributed by atoms with E-state index >= 15 is 4.39 Å². The highest BCUT2D eigenvalue weighted by Crippen LogP contribution is 2.28. The van der Waals surface area contributed by atoms with Gasteiger partial charge in [0.2, 0.25) is 0 Å². The molecule has 3 aromatic carbocycles. The van der Waals surface area contributed by atoms with Gasteiger partial charge in [0.1, 0.15) is 17.6 Å². The molecular weight excluding hydrogens is 579 g/mol. The molecule has 4 N–H and O–H groups in total. The van der Waals surface area contributed by atoms with Gasteiger partial charge < -0.3 is 19.6 Å². The molecule has 0 aliphatic heterocycles. The van der Waals surface area contributed by atoms with Gasteiger partial charge in [-0.05, 0) is 68.8 Å². The largest absolute Gasteiger partial charge is 0.480 e. The van der Waals surface area contributed by atoms with Crippen LogP contribution in [-0.2, 0) is 16.0 Å². The summed E-state index contributed by atoms with van der Waals surface area (Å²) in [5.41, 5.74) is 4.74. The Hall–Kier alpha value is -5.71. The molecule has 2 heterocycles. The Balaban J connectivity index is 1.24. The number of benzene rings is 3. The van der Waals surface area contributed by atoms with E-state index in [1.54, 1.807) is 56.3 Å². The van der Waals surface area contributed by atoms with Crippen molar-refractivity contribution >= 4 is 23.7 Å². The van der Waals surface area contributed by atoms with E-state index in [0.717, 1.165) is 16.7 Å². The van der Waals surface area contributed by atoms with E-state index in [-0.39, 0.29) is 23.8 Å². The fourth-order valence-electron chi connectivity index (χ4n) is 4.60. The van der Waals surface area contributed by atoms with Gasteiger partial charge in [0.25, 0.3) is 5.91 Å². The highest BCUT2D eigenvalue weighted by molar-refractivity contribution is 5.95. The molecule has 0 fully saturated rings. The van der Waals surface area contributed by atoms with Crippen molar-refractivity contribution in [3.8, 4) is 33.8 Å². The third-order valence-corrected chi connectivity index (χ3v) is 6.88. The smallest absolute Gasteiger partial charge is 0.411 e. The van der Waals surface area contributed by atoms with Crippen LogP contribution in [0, 0.1) is 12.7 Å². The topological polar surface area (TPSA) is 147 Å². The van der Waals surface area contributed by atoms with Crippen LogP contribution >= 0.6 is 0 Å². The summed E-state index contributed by atoms with van der Waals surface area (Å²) in [7, 11) is 0. The van der Waals surface area contributed by atoms with Gasteiger partial charge in [-0.3, -0.25) is 15.2 Å². The van der Waals surface area contributed by atoms with Crippen molar-refractivity contribution in [3.05, 3.63) is 108 Å². The Morgan fingerprint density at radius 1 is 0.956 bits per heavy atom. The Kier molecular flexibility index (Phi) is 9.08. The molecular formula is C34H31FN4O6. The number of aromatic nitrogens is 2. The molecule has 2 amide bonds. The first-order valence-electron chi connectivity index (χ1n) is 14.2. The molecule has 0 bridgehead atoms. The molecule has 0 saturated heterocycles. The van der Waals surface area contributed by atoms with Crippen LogP contribution < -0.4 is 10.6 Å². The lowest BCUT2D eigenvalue weighted by Gasteiger charge is -2.14. The number of aliphatic carboxylic acids is 1. The molecule has 2 aromatic heterocycles. The Bertz CT molecular complexity index is 1830. The quantitative estimate of drug-likeness (QED) is 0.135. The van der Waals surface area contributed by atoms with Crippen LogP contribution in [0.4, 0.5) is 14.9 Å². The number of nitrogens with one attached hydrogen (secondary N) is 3. The molecule has 11 heteroatoms. The zero-order chi connectivity index (χ0) is 32.1. The number of amides is 2. The number of halogens is 1. The normalized spacial score (nSPS) is 11.7. The number of hydrogen-bond acceptors (Lipinski definition) is 6. The first kappa shape index (κ1) is 30.7. The number of carboxylic acids is 1. The summed E-state index contributed by atoms with van der Waals surface area (Å²) in [6, 6.07) is 22.3. The lowest BCUT2D eigenvalue weighted by Crippen LogP contribution is -2.42. The number of nitrogens with zero attached hydrogens (tertiary/aromatic N) is 1. The predicted octanol–water partition coefficient (Wildman–Crippen LogP) is 6.83. The molecule has 0 aliphatic rings. The zero-order valence-corrected chi connectivity index (χ0v) is 24.8. The number of carboxylic acid groups (broad SMARTS) is 1. The van der Waals surface area contributed by atoms with E-state index in [1.807, 2.05) is 31.2 Å². The Morgan fingerprint density at radius 2 is 1.67 bits per heavy atom. The predicted molar refractivity (Wildman–Crippen MR) is 166 cm³/mol. The van der Waals surface area contributed by atoms with Gasteiger partial charge >= 0.3 is 12.1 Å². The number of hydrogen-bond donors (Lipinski definition) is 4. The minimum Gasteiger partial charge on any atom is -0.480 e. The van der Waals surface area contributed by atoms with E-state index < -0.39 is 29.8 Å². The molecule has 5 aromatic rings. The van der Waals surface area contributed by atoms with E-state index in [1.165, 1.54) is 18.2 Å². The molecule has 0 unspecified atom stereocenters. The van der Waals surface area contributed by atoms with Gasteiger partial charge in [-0.2, -0.15) is 5.10 Å². The molecule has 0 saturated carbocycles. The number of aryl methyl sites for hydroxylation is 1. The van der Waals surface area contributed by atoms with Crippen LogP contribution in [0.15, 0.2) is 89.3 Å². The van der Waals surface area contributed by atoms with Gasteiger partial charge in [-0.25, -0.2) is 14.0 Å². The summed E-state index contributed by atoms with van der Waals surface area (Å²) in [5.74, 6) is -2.11. The van der Waals surface area contributed by atoms with E-state index in [4.69, 9.17) is 9.15 Å². The maximum Gasteiger partial charge on any atom is 0.411 e. The summed E-state index contributed by atoms with van der Waals surface area (Å²) in [4.78, 5) is 36.6. The second-order valence-electron chi connectivity index (χ2n) is 10.7. The average Bonchev–Trinajstić information content (AvgIpc) is 3.68. The summed E-state index contributed by atoms with van der Waals surface area (Å²) in [6.07, 6.45) is -0.948. The van der Waals surface area contributed by atoms with Crippen LogP contribution in [0.3, 0.4) is 0 Å². The second-order valence-corrected chi connectivity index (χ2v) is 10.7. The number of H-pyrrole nitrogens is 1. The summed E-state index contributed by atoms with van der Waals surface area (Å²) < 4.78 is 26.0. The highest BCUT2D eigenvalue weighted by atomic mass is 19.1. The van der Waals surface area contributed by atoms with Crippen LogP contribution in [-0.4, -0.2) is 45.4 Å². The fourth-order valence-corrected chi connectivity index (χ4v) is 4.60. The SMILES string of the molecule is Cc1ccc(-c2ccc(C(=O)N[C@H](Cc3ccc(-c4cc(-c5ccc(NC(=O)OC(C)C)cc5)n[nH]4)c(F)c3)C(=O)O)o2)cc1. The van der Waals surface area contributed by atoms with Gasteiger partial charge in [-0.1, -0.05) is 48.0 Å². The first-order valence-corrected chi connectivity index (χ1v) is 14.2. The monoisotopic (exact) mass is 610 g/mol.